The second-order valence-electron chi connectivity index (χ2n) is 3.81. The Bertz CT molecular complexity index is 213. The number of hydrogen-bond acceptors (Lipinski definition) is 2. The number of nitrogens with one attached hydrogen (secondary N) is 1. The molecule has 0 spiro atoms. The van der Waals surface area contributed by atoms with Crippen LogP contribution in [0.4, 0.5) is 0 Å². The summed E-state index contributed by atoms with van der Waals surface area (Å²) in [6.07, 6.45) is 6.26. The lowest BCUT2D eigenvalue weighted by Gasteiger charge is -2.17. The molecule has 0 aromatic heterocycles. The van der Waals surface area contributed by atoms with Gasteiger partial charge in [-0.05, 0) is 18.8 Å². The molecule has 0 fully saturated rings. The van der Waals surface area contributed by atoms with Gasteiger partial charge in [0.2, 0.25) is 5.91 Å². The summed E-state index contributed by atoms with van der Waals surface area (Å²) in [5.74, 6) is 0.337. The zero-order valence-corrected chi connectivity index (χ0v) is 9.05. The number of rotatable bonds is 3. The molecule has 0 heterocycles. The minimum absolute atomic E-state index is 0.0508. The van der Waals surface area contributed by atoms with Crippen molar-refractivity contribution in [3.8, 4) is 0 Å². The van der Waals surface area contributed by atoms with Crippen LogP contribution in [0.3, 0.4) is 0 Å². The van der Waals surface area contributed by atoms with Crippen molar-refractivity contribution in [1.29, 1.82) is 0 Å². The maximum Gasteiger partial charge on any atom is 0.233 e. The Morgan fingerprint density at radius 3 is 2.77 bits per heavy atom. The van der Waals surface area contributed by atoms with E-state index in [-0.39, 0.29) is 23.1 Å². The Kier molecular flexibility index (Phi) is 3.85. The SMILES string of the molecule is CC(C)C(S)C(=O)NC1C=CCC1. The molecule has 74 valence electrons. The van der Waals surface area contributed by atoms with Crippen molar-refractivity contribution in [1.82, 2.24) is 5.32 Å². The average molecular weight is 199 g/mol. The zero-order valence-electron chi connectivity index (χ0n) is 8.16. The molecule has 1 rings (SSSR count). The highest BCUT2D eigenvalue weighted by Gasteiger charge is 2.20. The Balaban J connectivity index is 2.35. The van der Waals surface area contributed by atoms with Crippen LogP contribution >= 0.6 is 12.6 Å². The van der Waals surface area contributed by atoms with E-state index >= 15 is 0 Å². The lowest BCUT2D eigenvalue weighted by molar-refractivity contribution is -0.121. The van der Waals surface area contributed by atoms with Crippen LogP contribution < -0.4 is 5.32 Å². The fraction of sp³-hybridized carbons (Fsp3) is 0.700. The number of hydrogen-bond donors (Lipinski definition) is 2. The lowest BCUT2D eigenvalue weighted by Crippen LogP contribution is -2.39. The van der Waals surface area contributed by atoms with Gasteiger partial charge in [0.1, 0.15) is 0 Å². The van der Waals surface area contributed by atoms with Crippen molar-refractivity contribution in [3.63, 3.8) is 0 Å². The molecule has 2 unspecified atom stereocenters. The number of amides is 1. The van der Waals surface area contributed by atoms with Gasteiger partial charge in [-0.25, -0.2) is 0 Å². The predicted molar refractivity (Wildman–Crippen MR) is 57.9 cm³/mol. The second-order valence-corrected chi connectivity index (χ2v) is 4.37. The van der Waals surface area contributed by atoms with Crippen molar-refractivity contribution >= 4 is 18.5 Å². The summed E-state index contributed by atoms with van der Waals surface area (Å²) in [6.45, 7) is 4.00. The van der Waals surface area contributed by atoms with Crippen LogP contribution in [0.2, 0.25) is 0 Å². The van der Waals surface area contributed by atoms with Crippen molar-refractivity contribution in [3.05, 3.63) is 12.2 Å². The second kappa shape index (κ2) is 4.70. The van der Waals surface area contributed by atoms with E-state index in [1.807, 2.05) is 13.8 Å². The molecule has 1 amide bonds. The third-order valence-electron chi connectivity index (χ3n) is 2.24. The highest BCUT2D eigenvalue weighted by Crippen LogP contribution is 2.12. The molecule has 1 aliphatic rings. The molecule has 0 radical (unpaired) electrons. The van der Waals surface area contributed by atoms with Crippen molar-refractivity contribution in [2.45, 2.75) is 38.0 Å². The minimum Gasteiger partial charge on any atom is -0.349 e. The topological polar surface area (TPSA) is 29.1 Å². The van der Waals surface area contributed by atoms with Gasteiger partial charge in [-0.1, -0.05) is 26.0 Å². The maximum absolute atomic E-state index is 11.5. The van der Waals surface area contributed by atoms with Crippen LogP contribution in [-0.4, -0.2) is 17.2 Å². The van der Waals surface area contributed by atoms with Gasteiger partial charge < -0.3 is 5.32 Å². The molecule has 0 saturated carbocycles. The molecule has 2 atom stereocenters. The highest BCUT2D eigenvalue weighted by atomic mass is 32.1. The molecule has 3 heteroatoms. The van der Waals surface area contributed by atoms with Crippen LogP contribution in [0.5, 0.6) is 0 Å². The largest absolute Gasteiger partial charge is 0.349 e. The summed E-state index contributed by atoms with van der Waals surface area (Å²) in [4.78, 5) is 11.5. The first-order valence-electron chi connectivity index (χ1n) is 4.76. The fourth-order valence-corrected chi connectivity index (χ4v) is 1.40. The quantitative estimate of drug-likeness (QED) is 0.526. The number of allylic oxidation sites excluding steroid dienone is 1. The first-order chi connectivity index (χ1) is 6.11. The summed E-state index contributed by atoms with van der Waals surface area (Å²) in [6, 6.07) is 0.237. The summed E-state index contributed by atoms with van der Waals surface area (Å²) in [7, 11) is 0. The molecule has 0 saturated heterocycles. The van der Waals surface area contributed by atoms with E-state index in [1.54, 1.807) is 0 Å². The van der Waals surface area contributed by atoms with E-state index < -0.39 is 0 Å². The monoisotopic (exact) mass is 199 g/mol. The first-order valence-corrected chi connectivity index (χ1v) is 5.28. The molecular weight excluding hydrogens is 182 g/mol. The normalized spacial score (nSPS) is 23.5. The van der Waals surface area contributed by atoms with Crippen LogP contribution in [0.15, 0.2) is 12.2 Å². The van der Waals surface area contributed by atoms with Gasteiger partial charge in [0.25, 0.3) is 0 Å². The van der Waals surface area contributed by atoms with E-state index in [2.05, 4.69) is 30.1 Å². The van der Waals surface area contributed by atoms with Crippen LogP contribution in [-0.2, 0) is 4.79 Å². The molecule has 0 bridgehead atoms. The van der Waals surface area contributed by atoms with Crippen LogP contribution in [0, 0.1) is 5.92 Å². The summed E-state index contributed by atoms with van der Waals surface area (Å²) < 4.78 is 0. The minimum atomic E-state index is -0.186. The summed E-state index contributed by atoms with van der Waals surface area (Å²) in [5.41, 5.74) is 0. The number of thiol groups is 1. The molecule has 0 aromatic carbocycles. The van der Waals surface area contributed by atoms with E-state index in [1.165, 1.54) is 0 Å². The van der Waals surface area contributed by atoms with E-state index in [9.17, 15) is 4.79 Å². The summed E-state index contributed by atoms with van der Waals surface area (Å²) in [5, 5.41) is 2.77. The number of carbonyl (C=O) groups is 1. The average Bonchev–Trinajstić information content (AvgIpc) is 2.55. The predicted octanol–water partition coefficient (Wildman–Crippen LogP) is 1.78. The Labute approximate surface area is 85.2 Å². The molecule has 0 aliphatic heterocycles. The van der Waals surface area contributed by atoms with Gasteiger partial charge in [0.15, 0.2) is 0 Å². The zero-order chi connectivity index (χ0) is 9.84. The first kappa shape index (κ1) is 10.6. The molecule has 13 heavy (non-hydrogen) atoms. The van der Waals surface area contributed by atoms with Crippen LogP contribution in [0.25, 0.3) is 0 Å². The van der Waals surface area contributed by atoms with E-state index in [0.29, 0.717) is 0 Å². The fourth-order valence-electron chi connectivity index (χ4n) is 1.32. The molecule has 1 N–H and O–H groups in total. The molecule has 1 aliphatic carbocycles. The molecule has 2 nitrogen and oxygen atoms in total. The molecular formula is C10H17NOS. The van der Waals surface area contributed by atoms with Crippen molar-refractivity contribution < 1.29 is 4.79 Å². The van der Waals surface area contributed by atoms with E-state index in [4.69, 9.17) is 0 Å². The van der Waals surface area contributed by atoms with E-state index in [0.717, 1.165) is 12.8 Å². The van der Waals surface area contributed by atoms with Gasteiger partial charge in [0, 0.05) is 6.04 Å². The van der Waals surface area contributed by atoms with Gasteiger partial charge in [-0.3, -0.25) is 4.79 Å². The maximum atomic E-state index is 11.5. The van der Waals surface area contributed by atoms with Crippen molar-refractivity contribution in [2.24, 2.45) is 5.92 Å². The van der Waals surface area contributed by atoms with Gasteiger partial charge in [0.05, 0.1) is 5.25 Å². The third kappa shape index (κ3) is 3.07. The van der Waals surface area contributed by atoms with Crippen LogP contribution in [0.1, 0.15) is 26.7 Å². The standard InChI is InChI=1S/C10H17NOS/c1-7(2)9(13)10(12)11-8-5-3-4-6-8/h3,5,7-9,13H,4,6H2,1-2H3,(H,11,12). The van der Waals surface area contributed by atoms with Gasteiger partial charge in [-0.2, -0.15) is 12.6 Å². The Morgan fingerprint density at radius 2 is 2.31 bits per heavy atom. The smallest absolute Gasteiger partial charge is 0.233 e. The van der Waals surface area contributed by atoms with Crippen molar-refractivity contribution in [2.75, 3.05) is 0 Å². The lowest BCUT2D eigenvalue weighted by atomic mass is 10.1. The third-order valence-corrected chi connectivity index (χ3v) is 3.07. The molecule has 0 aromatic rings. The number of carbonyl (C=O) groups excluding carboxylic acids is 1. The van der Waals surface area contributed by atoms with Gasteiger partial charge in [-0.15, -0.1) is 0 Å². The summed E-state index contributed by atoms with van der Waals surface area (Å²) >= 11 is 4.26. The highest BCUT2D eigenvalue weighted by molar-refractivity contribution is 7.81. The Hall–Kier alpha value is -0.440. The Morgan fingerprint density at radius 1 is 1.62 bits per heavy atom. The van der Waals surface area contributed by atoms with Gasteiger partial charge >= 0.3 is 0 Å².